The third-order valence-electron chi connectivity index (χ3n) is 3.83. The summed E-state index contributed by atoms with van der Waals surface area (Å²) in [5, 5.41) is 3.42. The minimum absolute atomic E-state index is 0. The van der Waals surface area contributed by atoms with Crippen molar-refractivity contribution in [1.82, 2.24) is 10.2 Å². The maximum Gasteiger partial charge on any atom is 0.223 e. The van der Waals surface area contributed by atoms with E-state index in [1.807, 2.05) is 6.92 Å². The molecule has 2 aliphatic rings. The minimum Gasteiger partial charge on any atom is -0.382 e. The molecule has 2 bridgehead atoms. The van der Waals surface area contributed by atoms with E-state index >= 15 is 0 Å². The van der Waals surface area contributed by atoms with Gasteiger partial charge in [-0.3, -0.25) is 4.79 Å². The molecule has 2 heterocycles. The number of carbonyl (C=O) groups excluding carboxylic acids is 1. The predicted molar refractivity (Wildman–Crippen MR) is 74.1 cm³/mol. The van der Waals surface area contributed by atoms with Crippen molar-refractivity contribution in [3.05, 3.63) is 0 Å². The Labute approximate surface area is 116 Å². The summed E-state index contributed by atoms with van der Waals surface area (Å²) in [6.45, 7) is 5.48. The molecule has 2 aliphatic heterocycles. The van der Waals surface area contributed by atoms with Gasteiger partial charge in [-0.25, -0.2) is 0 Å². The maximum atomic E-state index is 12.2. The van der Waals surface area contributed by atoms with Crippen LogP contribution in [0.25, 0.3) is 0 Å². The number of hydrogen-bond donors (Lipinski definition) is 1. The first kappa shape index (κ1) is 15.7. The van der Waals surface area contributed by atoms with E-state index in [9.17, 15) is 4.79 Å². The Kier molecular flexibility index (Phi) is 6.97. The van der Waals surface area contributed by atoms with Crippen LogP contribution < -0.4 is 5.32 Å². The number of nitrogens with one attached hydrogen (secondary N) is 1. The number of ether oxygens (including phenoxy) is 1. The van der Waals surface area contributed by atoms with Crippen LogP contribution in [0.15, 0.2) is 0 Å². The second-order valence-electron chi connectivity index (χ2n) is 4.98. The van der Waals surface area contributed by atoms with Gasteiger partial charge in [0.25, 0.3) is 0 Å². The Hall–Kier alpha value is -0.320. The Morgan fingerprint density at radius 3 is 2.89 bits per heavy atom. The van der Waals surface area contributed by atoms with Crippen LogP contribution in [0.5, 0.6) is 0 Å². The quantitative estimate of drug-likeness (QED) is 0.775. The van der Waals surface area contributed by atoms with Gasteiger partial charge in [0.2, 0.25) is 5.91 Å². The summed E-state index contributed by atoms with van der Waals surface area (Å²) >= 11 is 0. The van der Waals surface area contributed by atoms with Gasteiger partial charge in [-0.05, 0) is 39.2 Å². The van der Waals surface area contributed by atoms with E-state index in [0.717, 1.165) is 32.5 Å². The van der Waals surface area contributed by atoms with Crippen molar-refractivity contribution in [2.75, 3.05) is 26.3 Å². The normalized spacial score (nSPS) is 26.6. The van der Waals surface area contributed by atoms with E-state index in [0.29, 0.717) is 31.0 Å². The molecule has 5 heteroatoms. The third kappa shape index (κ3) is 3.84. The van der Waals surface area contributed by atoms with Crippen LogP contribution in [0.3, 0.4) is 0 Å². The van der Waals surface area contributed by atoms with Gasteiger partial charge in [0, 0.05) is 38.3 Å². The van der Waals surface area contributed by atoms with Crippen molar-refractivity contribution < 1.29 is 9.53 Å². The molecule has 2 unspecified atom stereocenters. The summed E-state index contributed by atoms with van der Waals surface area (Å²) in [6.07, 6.45) is 5.00. The molecule has 0 aliphatic carbocycles. The fourth-order valence-electron chi connectivity index (χ4n) is 2.99. The van der Waals surface area contributed by atoms with Gasteiger partial charge in [0.15, 0.2) is 0 Å². The molecule has 1 amide bonds. The fourth-order valence-corrected chi connectivity index (χ4v) is 2.99. The fraction of sp³-hybridized carbons (Fsp3) is 0.923. The Bertz CT molecular complexity index is 249. The van der Waals surface area contributed by atoms with E-state index in [2.05, 4.69) is 10.2 Å². The van der Waals surface area contributed by atoms with Crippen molar-refractivity contribution >= 4 is 18.3 Å². The molecule has 0 saturated carbocycles. The van der Waals surface area contributed by atoms with Gasteiger partial charge in [0.1, 0.15) is 0 Å². The monoisotopic (exact) mass is 276 g/mol. The maximum absolute atomic E-state index is 12.2. The van der Waals surface area contributed by atoms with Crippen molar-refractivity contribution in [2.24, 2.45) is 0 Å². The van der Waals surface area contributed by atoms with Crippen LogP contribution in [0, 0.1) is 0 Å². The summed E-state index contributed by atoms with van der Waals surface area (Å²) in [5.41, 5.74) is 0. The van der Waals surface area contributed by atoms with Crippen molar-refractivity contribution in [1.29, 1.82) is 0 Å². The highest BCUT2D eigenvalue weighted by molar-refractivity contribution is 5.85. The standard InChI is InChI=1S/C13H24N2O2.ClH/c1-2-17-9-3-4-13(16)15-11-5-6-12(15)10-14-8-7-11;/h11-12,14H,2-10H2,1H3;1H. The number of nitrogens with zero attached hydrogens (tertiary/aromatic N) is 1. The lowest BCUT2D eigenvalue weighted by atomic mass is 10.1. The highest BCUT2D eigenvalue weighted by Crippen LogP contribution is 2.28. The SMILES string of the molecule is CCOCCCC(=O)N1C2CCNCC1CC2.Cl. The van der Waals surface area contributed by atoms with Gasteiger partial charge < -0.3 is 15.0 Å². The summed E-state index contributed by atoms with van der Waals surface area (Å²) in [6, 6.07) is 0.941. The van der Waals surface area contributed by atoms with E-state index in [1.165, 1.54) is 12.8 Å². The molecule has 2 rings (SSSR count). The molecule has 0 aromatic carbocycles. The molecule has 106 valence electrons. The molecule has 2 fully saturated rings. The van der Waals surface area contributed by atoms with Crippen molar-refractivity contribution in [3.63, 3.8) is 0 Å². The lowest BCUT2D eigenvalue weighted by Crippen LogP contribution is -2.42. The largest absolute Gasteiger partial charge is 0.382 e. The van der Waals surface area contributed by atoms with Crippen LogP contribution in [-0.2, 0) is 9.53 Å². The number of halogens is 1. The highest BCUT2D eigenvalue weighted by Gasteiger charge is 2.37. The Morgan fingerprint density at radius 1 is 1.33 bits per heavy atom. The Balaban J connectivity index is 0.00000162. The molecule has 18 heavy (non-hydrogen) atoms. The van der Waals surface area contributed by atoms with Gasteiger partial charge in [-0.15, -0.1) is 12.4 Å². The molecular formula is C13H25ClN2O2. The molecule has 0 radical (unpaired) electrons. The average molecular weight is 277 g/mol. The van der Waals surface area contributed by atoms with Crippen molar-refractivity contribution in [2.45, 2.75) is 51.1 Å². The van der Waals surface area contributed by atoms with Gasteiger partial charge >= 0.3 is 0 Å². The number of hydrogen-bond acceptors (Lipinski definition) is 3. The lowest BCUT2D eigenvalue weighted by molar-refractivity contribution is -0.134. The minimum atomic E-state index is 0. The van der Waals surface area contributed by atoms with Gasteiger partial charge in [-0.1, -0.05) is 0 Å². The van der Waals surface area contributed by atoms with Crippen molar-refractivity contribution in [3.8, 4) is 0 Å². The molecular weight excluding hydrogens is 252 g/mol. The zero-order chi connectivity index (χ0) is 12.1. The smallest absolute Gasteiger partial charge is 0.223 e. The first-order chi connectivity index (χ1) is 8.33. The van der Waals surface area contributed by atoms with Gasteiger partial charge in [-0.2, -0.15) is 0 Å². The van der Waals surface area contributed by atoms with Gasteiger partial charge in [0.05, 0.1) is 0 Å². The molecule has 4 nitrogen and oxygen atoms in total. The second kappa shape index (κ2) is 7.97. The lowest BCUT2D eigenvalue weighted by Gasteiger charge is -2.28. The van der Waals surface area contributed by atoms with E-state index in [1.54, 1.807) is 0 Å². The summed E-state index contributed by atoms with van der Waals surface area (Å²) in [4.78, 5) is 14.4. The Morgan fingerprint density at radius 2 is 2.11 bits per heavy atom. The van der Waals surface area contributed by atoms with Crippen LogP contribution in [0.1, 0.15) is 39.0 Å². The molecule has 2 atom stereocenters. The molecule has 0 aromatic rings. The van der Waals surface area contributed by atoms with E-state index in [-0.39, 0.29) is 12.4 Å². The first-order valence-corrected chi connectivity index (χ1v) is 6.92. The predicted octanol–water partition coefficient (Wildman–Crippen LogP) is 1.58. The second-order valence-corrected chi connectivity index (χ2v) is 4.98. The van der Waals surface area contributed by atoms with Crippen LogP contribution in [0.2, 0.25) is 0 Å². The van der Waals surface area contributed by atoms with E-state index in [4.69, 9.17) is 4.74 Å². The summed E-state index contributed by atoms with van der Waals surface area (Å²) in [7, 11) is 0. The van der Waals surface area contributed by atoms with Crippen LogP contribution in [-0.4, -0.2) is 49.2 Å². The molecule has 2 saturated heterocycles. The van der Waals surface area contributed by atoms with Crippen LogP contribution in [0.4, 0.5) is 0 Å². The summed E-state index contributed by atoms with van der Waals surface area (Å²) < 4.78 is 5.28. The number of rotatable bonds is 5. The third-order valence-corrected chi connectivity index (χ3v) is 3.83. The van der Waals surface area contributed by atoms with E-state index < -0.39 is 0 Å². The zero-order valence-corrected chi connectivity index (χ0v) is 12.0. The molecule has 0 spiro atoms. The van der Waals surface area contributed by atoms with Crippen LogP contribution >= 0.6 is 12.4 Å². The number of fused-ring (bicyclic) bond motifs is 2. The highest BCUT2D eigenvalue weighted by atomic mass is 35.5. The number of carbonyl (C=O) groups is 1. The first-order valence-electron chi connectivity index (χ1n) is 6.92. The molecule has 0 aromatic heterocycles. The zero-order valence-electron chi connectivity index (χ0n) is 11.2. The average Bonchev–Trinajstić information content (AvgIpc) is 2.58. The topological polar surface area (TPSA) is 41.6 Å². The molecule has 1 N–H and O–H groups in total. The summed E-state index contributed by atoms with van der Waals surface area (Å²) in [5.74, 6) is 0.334. The number of amides is 1.